The lowest BCUT2D eigenvalue weighted by Gasteiger charge is -2.17. The summed E-state index contributed by atoms with van der Waals surface area (Å²) in [6.45, 7) is 10.6. The van der Waals surface area contributed by atoms with Crippen LogP contribution in [0.4, 0.5) is 0 Å². The van der Waals surface area contributed by atoms with Crippen molar-refractivity contribution in [3.63, 3.8) is 0 Å². The van der Waals surface area contributed by atoms with Gasteiger partial charge in [0.1, 0.15) is 5.76 Å². The van der Waals surface area contributed by atoms with E-state index in [0.29, 0.717) is 13.0 Å². The standard InChI is InChI=1S/C13H22N2O2/c1-9-11(10(2)17-15-9)6-7-14-12(16)8-13(3,4)5/h6-8H2,1-5H3,(H,14,16). The molecule has 96 valence electrons. The molecule has 0 saturated heterocycles. The van der Waals surface area contributed by atoms with Gasteiger partial charge in [-0.1, -0.05) is 25.9 Å². The zero-order chi connectivity index (χ0) is 13.1. The maximum absolute atomic E-state index is 11.6. The fourth-order valence-electron chi connectivity index (χ4n) is 1.73. The Morgan fingerprint density at radius 3 is 2.47 bits per heavy atom. The first-order chi connectivity index (χ1) is 7.79. The molecule has 1 N–H and O–H groups in total. The summed E-state index contributed by atoms with van der Waals surface area (Å²) in [5, 5.41) is 6.81. The van der Waals surface area contributed by atoms with Gasteiger partial charge in [-0.3, -0.25) is 4.79 Å². The highest BCUT2D eigenvalue weighted by Gasteiger charge is 2.16. The first kappa shape index (κ1) is 13.7. The molecule has 0 spiro atoms. The molecule has 0 aliphatic carbocycles. The van der Waals surface area contributed by atoms with Crippen molar-refractivity contribution < 1.29 is 9.32 Å². The van der Waals surface area contributed by atoms with Crippen molar-refractivity contribution in [1.29, 1.82) is 0 Å². The van der Waals surface area contributed by atoms with Crippen molar-refractivity contribution in [3.05, 3.63) is 17.0 Å². The molecule has 4 heteroatoms. The molecule has 0 atom stereocenters. The molecule has 0 bridgehead atoms. The number of hydrogen-bond donors (Lipinski definition) is 1. The Labute approximate surface area is 103 Å². The summed E-state index contributed by atoms with van der Waals surface area (Å²) in [7, 11) is 0. The van der Waals surface area contributed by atoms with E-state index in [0.717, 1.165) is 23.4 Å². The summed E-state index contributed by atoms with van der Waals surface area (Å²) in [4.78, 5) is 11.6. The molecule has 1 amide bonds. The van der Waals surface area contributed by atoms with Crippen molar-refractivity contribution in [1.82, 2.24) is 10.5 Å². The molecular formula is C13H22N2O2. The van der Waals surface area contributed by atoms with Gasteiger partial charge in [0.15, 0.2) is 0 Å². The zero-order valence-electron chi connectivity index (χ0n) is 11.4. The molecule has 1 rings (SSSR count). The molecule has 0 saturated carbocycles. The van der Waals surface area contributed by atoms with Gasteiger partial charge in [0.2, 0.25) is 5.91 Å². The summed E-state index contributed by atoms with van der Waals surface area (Å²) in [5.41, 5.74) is 2.04. The fourth-order valence-corrected chi connectivity index (χ4v) is 1.73. The number of aryl methyl sites for hydroxylation is 2. The van der Waals surface area contributed by atoms with Crippen molar-refractivity contribution in [3.8, 4) is 0 Å². The van der Waals surface area contributed by atoms with Gasteiger partial charge in [0.05, 0.1) is 5.69 Å². The first-order valence-electron chi connectivity index (χ1n) is 5.98. The van der Waals surface area contributed by atoms with E-state index in [1.54, 1.807) is 0 Å². The van der Waals surface area contributed by atoms with E-state index in [9.17, 15) is 4.79 Å². The van der Waals surface area contributed by atoms with Gasteiger partial charge in [0, 0.05) is 18.5 Å². The lowest BCUT2D eigenvalue weighted by molar-refractivity contribution is -0.122. The number of nitrogens with zero attached hydrogens (tertiary/aromatic N) is 1. The van der Waals surface area contributed by atoms with Crippen LogP contribution >= 0.6 is 0 Å². The van der Waals surface area contributed by atoms with E-state index < -0.39 is 0 Å². The molecule has 4 nitrogen and oxygen atoms in total. The minimum atomic E-state index is 0.0348. The Hall–Kier alpha value is -1.32. The van der Waals surface area contributed by atoms with E-state index in [1.807, 2.05) is 13.8 Å². The Bertz CT molecular complexity index is 369. The van der Waals surface area contributed by atoms with E-state index in [1.165, 1.54) is 0 Å². The van der Waals surface area contributed by atoms with E-state index >= 15 is 0 Å². The second kappa shape index (κ2) is 5.34. The molecule has 17 heavy (non-hydrogen) atoms. The lowest BCUT2D eigenvalue weighted by Crippen LogP contribution is -2.29. The SMILES string of the molecule is Cc1noc(C)c1CCNC(=O)CC(C)(C)C. The molecule has 0 aromatic carbocycles. The van der Waals surface area contributed by atoms with Crippen LogP contribution < -0.4 is 5.32 Å². The Balaban J connectivity index is 2.36. The second-order valence-electron chi connectivity index (χ2n) is 5.64. The maximum Gasteiger partial charge on any atom is 0.220 e. The third kappa shape index (κ3) is 4.59. The highest BCUT2D eigenvalue weighted by molar-refractivity contribution is 5.76. The summed E-state index contributed by atoms with van der Waals surface area (Å²) in [6.07, 6.45) is 1.33. The lowest BCUT2D eigenvalue weighted by atomic mass is 9.92. The smallest absolute Gasteiger partial charge is 0.220 e. The van der Waals surface area contributed by atoms with Gasteiger partial charge in [-0.25, -0.2) is 0 Å². The van der Waals surface area contributed by atoms with Crippen LogP contribution in [0.1, 0.15) is 44.2 Å². The Kier molecular flexibility index (Phi) is 4.32. The molecule has 0 aliphatic heterocycles. The molecule has 1 aromatic heterocycles. The van der Waals surface area contributed by atoms with Crippen LogP contribution in [-0.2, 0) is 11.2 Å². The number of rotatable bonds is 4. The second-order valence-corrected chi connectivity index (χ2v) is 5.64. The quantitative estimate of drug-likeness (QED) is 0.876. The van der Waals surface area contributed by atoms with Crippen molar-refractivity contribution >= 4 is 5.91 Å². The molecule has 1 heterocycles. The number of nitrogens with one attached hydrogen (secondary N) is 1. The van der Waals surface area contributed by atoms with Crippen molar-refractivity contribution in [2.45, 2.75) is 47.5 Å². The average molecular weight is 238 g/mol. The summed E-state index contributed by atoms with van der Waals surface area (Å²) >= 11 is 0. The third-order valence-corrected chi connectivity index (χ3v) is 2.57. The van der Waals surface area contributed by atoms with Gasteiger partial charge >= 0.3 is 0 Å². The number of hydrogen-bond acceptors (Lipinski definition) is 3. The summed E-state index contributed by atoms with van der Waals surface area (Å²) in [6, 6.07) is 0. The van der Waals surface area contributed by atoms with Crippen LogP contribution in [0.2, 0.25) is 0 Å². The first-order valence-corrected chi connectivity index (χ1v) is 5.98. The molecular weight excluding hydrogens is 216 g/mol. The van der Waals surface area contributed by atoms with Crippen molar-refractivity contribution in [2.24, 2.45) is 5.41 Å². The molecule has 0 fully saturated rings. The Morgan fingerprint density at radius 1 is 1.35 bits per heavy atom. The minimum absolute atomic E-state index is 0.0348. The van der Waals surface area contributed by atoms with Gasteiger partial charge in [0.25, 0.3) is 0 Å². The minimum Gasteiger partial charge on any atom is -0.361 e. The van der Waals surface area contributed by atoms with Crippen molar-refractivity contribution in [2.75, 3.05) is 6.54 Å². The number of carbonyl (C=O) groups is 1. The largest absolute Gasteiger partial charge is 0.361 e. The third-order valence-electron chi connectivity index (χ3n) is 2.57. The maximum atomic E-state index is 11.6. The van der Waals surface area contributed by atoms with Gasteiger partial charge in [-0.05, 0) is 25.7 Å². The number of carbonyl (C=O) groups excluding carboxylic acids is 1. The van der Waals surface area contributed by atoms with Crippen LogP contribution in [0, 0.1) is 19.3 Å². The van der Waals surface area contributed by atoms with Gasteiger partial charge in [-0.15, -0.1) is 0 Å². The van der Waals surface area contributed by atoms with Crippen LogP contribution in [0.3, 0.4) is 0 Å². The zero-order valence-corrected chi connectivity index (χ0v) is 11.4. The number of aromatic nitrogens is 1. The van der Waals surface area contributed by atoms with E-state index in [4.69, 9.17) is 4.52 Å². The van der Waals surface area contributed by atoms with E-state index in [-0.39, 0.29) is 11.3 Å². The molecule has 1 aromatic rings. The van der Waals surface area contributed by atoms with Crippen LogP contribution in [0.15, 0.2) is 4.52 Å². The summed E-state index contributed by atoms with van der Waals surface area (Å²) in [5.74, 6) is 0.942. The summed E-state index contributed by atoms with van der Waals surface area (Å²) < 4.78 is 5.07. The predicted molar refractivity (Wildman–Crippen MR) is 66.8 cm³/mol. The molecule has 0 aliphatic rings. The predicted octanol–water partition coefficient (Wildman–Crippen LogP) is 2.39. The fraction of sp³-hybridized carbons (Fsp3) is 0.692. The van der Waals surface area contributed by atoms with Crippen LogP contribution in [0.25, 0.3) is 0 Å². The van der Waals surface area contributed by atoms with Gasteiger partial charge < -0.3 is 9.84 Å². The Morgan fingerprint density at radius 2 is 2.00 bits per heavy atom. The number of amides is 1. The van der Waals surface area contributed by atoms with Crippen LogP contribution in [-0.4, -0.2) is 17.6 Å². The highest BCUT2D eigenvalue weighted by Crippen LogP contribution is 2.18. The normalized spacial score (nSPS) is 11.6. The molecule has 0 radical (unpaired) electrons. The molecule has 0 unspecified atom stereocenters. The van der Waals surface area contributed by atoms with E-state index in [2.05, 4.69) is 31.2 Å². The average Bonchev–Trinajstić information content (AvgIpc) is 2.46. The van der Waals surface area contributed by atoms with Crippen LogP contribution in [0.5, 0.6) is 0 Å². The highest BCUT2D eigenvalue weighted by atomic mass is 16.5. The van der Waals surface area contributed by atoms with Gasteiger partial charge in [-0.2, -0.15) is 0 Å². The topological polar surface area (TPSA) is 55.1 Å². The monoisotopic (exact) mass is 238 g/mol.